The highest BCUT2D eigenvalue weighted by Crippen LogP contribution is 2.24. The van der Waals surface area contributed by atoms with Crippen molar-refractivity contribution >= 4 is 5.91 Å². The Kier molecular flexibility index (Phi) is 5.40. The van der Waals surface area contributed by atoms with Gasteiger partial charge in [-0.1, -0.05) is 26.0 Å². The monoisotopic (exact) mass is 337 g/mol. The van der Waals surface area contributed by atoms with Crippen LogP contribution >= 0.6 is 0 Å². The second-order valence-corrected chi connectivity index (χ2v) is 5.90. The standard InChI is InChI=1S/C16H20FN3O4/c1-9(2)13(14(21)19-24)20-15(22)12(18-16(20)23)7-6-10-4-3-5-11(17)8-10/h3-5,8-9,13,22,24H,6-7H2,1-2H3,(H,18,23)(H,19,21)/t13-/m1/s1. The van der Waals surface area contributed by atoms with Gasteiger partial charge in [-0.05, 0) is 36.5 Å². The smallest absolute Gasteiger partial charge is 0.329 e. The van der Waals surface area contributed by atoms with Crippen LogP contribution in [0.2, 0.25) is 0 Å². The first kappa shape index (κ1) is 17.7. The molecule has 24 heavy (non-hydrogen) atoms. The fourth-order valence-corrected chi connectivity index (χ4v) is 2.67. The summed E-state index contributed by atoms with van der Waals surface area (Å²) in [6, 6.07) is 4.98. The molecular weight excluding hydrogens is 317 g/mol. The minimum atomic E-state index is -1.05. The lowest BCUT2D eigenvalue weighted by Gasteiger charge is -2.19. The van der Waals surface area contributed by atoms with Gasteiger partial charge in [0.15, 0.2) is 0 Å². The molecule has 4 N–H and O–H groups in total. The van der Waals surface area contributed by atoms with E-state index in [-0.39, 0.29) is 29.7 Å². The van der Waals surface area contributed by atoms with Gasteiger partial charge in [0.25, 0.3) is 5.91 Å². The van der Waals surface area contributed by atoms with Gasteiger partial charge in [0.2, 0.25) is 5.88 Å². The van der Waals surface area contributed by atoms with E-state index in [4.69, 9.17) is 5.21 Å². The van der Waals surface area contributed by atoms with Crippen LogP contribution in [0.25, 0.3) is 0 Å². The summed E-state index contributed by atoms with van der Waals surface area (Å²) >= 11 is 0. The van der Waals surface area contributed by atoms with Crippen molar-refractivity contribution in [3.05, 3.63) is 51.8 Å². The van der Waals surface area contributed by atoms with Gasteiger partial charge in [0, 0.05) is 0 Å². The van der Waals surface area contributed by atoms with Gasteiger partial charge < -0.3 is 10.1 Å². The number of carbonyl (C=O) groups excluding carboxylic acids is 1. The molecule has 2 rings (SSSR count). The Morgan fingerprint density at radius 2 is 2.08 bits per heavy atom. The maximum absolute atomic E-state index is 13.2. The number of H-pyrrole nitrogens is 1. The molecule has 1 atom stereocenters. The van der Waals surface area contributed by atoms with E-state index in [2.05, 4.69) is 4.98 Å². The number of nitrogens with one attached hydrogen (secondary N) is 2. The molecule has 0 saturated carbocycles. The SMILES string of the molecule is CC(C)[C@H](C(=O)NO)n1c(O)c(CCc2cccc(F)c2)[nH]c1=O. The zero-order valence-corrected chi connectivity index (χ0v) is 13.4. The molecule has 0 unspecified atom stereocenters. The predicted molar refractivity (Wildman–Crippen MR) is 84.3 cm³/mol. The molecule has 0 radical (unpaired) electrons. The topological polar surface area (TPSA) is 107 Å². The molecule has 8 heteroatoms. The zero-order chi connectivity index (χ0) is 17.9. The van der Waals surface area contributed by atoms with Crippen molar-refractivity contribution in [2.75, 3.05) is 0 Å². The summed E-state index contributed by atoms with van der Waals surface area (Å²) in [6.07, 6.45) is 0.674. The molecule has 1 aromatic carbocycles. The number of carbonyl (C=O) groups is 1. The molecular formula is C16H20FN3O4. The fraction of sp³-hybridized carbons (Fsp3) is 0.375. The molecule has 0 bridgehead atoms. The lowest BCUT2D eigenvalue weighted by atomic mass is 10.0. The number of rotatable bonds is 6. The van der Waals surface area contributed by atoms with E-state index in [1.54, 1.807) is 26.0 Å². The molecule has 0 fully saturated rings. The van der Waals surface area contributed by atoms with Gasteiger partial charge in [-0.15, -0.1) is 0 Å². The third kappa shape index (κ3) is 3.65. The molecule has 7 nitrogen and oxygen atoms in total. The molecule has 1 aromatic heterocycles. The molecule has 2 aromatic rings. The third-order valence-corrected chi connectivity index (χ3v) is 3.82. The highest BCUT2D eigenvalue weighted by Gasteiger charge is 2.29. The maximum Gasteiger partial charge on any atom is 0.329 e. The maximum atomic E-state index is 13.2. The number of imidazole rings is 1. The van der Waals surface area contributed by atoms with Gasteiger partial charge in [-0.3, -0.25) is 14.6 Å². The van der Waals surface area contributed by atoms with Gasteiger partial charge in [-0.2, -0.15) is 0 Å². The van der Waals surface area contributed by atoms with E-state index in [1.165, 1.54) is 17.6 Å². The average Bonchev–Trinajstić information content (AvgIpc) is 2.80. The molecule has 0 aliphatic heterocycles. The number of aromatic hydroxyl groups is 1. The Labute approximate surface area is 137 Å². The number of aromatic amines is 1. The van der Waals surface area contributed by atoms with Crippen LogP contribution in [0.15, 0.2) is 29.1 Å². The van der Waals surface area contributed by atoms with Crippen LogP contribution < -0.4 is 11.2 Å². The second kappa shape index (κ2) is 7.31. The van der Waals surface area contributed by atoms with Gasteiger partial charge in [-0.25, -0.2) is 14.7 Å². The summed E-state index contributed by atoms with van der Waals surface area (Å²) in [5.41, 5.74) is 1.83. The van der Waals surface area contributed by atoms with E-state index < -0.39 is 17.6 Å². The number of nitrogens with zero attached hydrogens (tertiary/aromatic N) is 1. The molecule has 0 aliphatic carbocycles. The van der Waals surface area contributed by atoms with Crippen LogP contribution in [0.4, 0.5) is 4.39 Å². The van der Waals surface area contributed by atoms with Crippen molar-refractivity contribution in [1.82, 2.24) is 15.0 Å². The van der Waals surface area contributed by atoms with Gasteiger partial charge in [0.05, 0.1) is 5.69 Å². The van der Waals surface area contributed by atoms with E-state index in [0.717, 1.165) is 10.1 Å². The van der Waals surface area contributed by atoms with E-state index in [1.807, 2.05) is 0 Å². The molecule has 130 valence electrons. The van der Waals surface area contributed by atoms with E-state index >= 15 is 0 Å². The normalized spacial score (nSPS) is 12.4. The van der Waals surface area contributed by atoms with Crippen LogP contribution in [0.5, 0.6) is 5.88 Å². The molecule has 0 spiro atoms. The number of hydrogen-bond donors (Lipinski definition) is 4. The Morgan fingerprint density at radius 1 is 1.38 bits per heavy atom. The van der Waals surface area contributed by atoms with Crippen molar-refractivity contribution in [2.24, 2.45) is 5.92 Å². The Balaban J connectivity index is 2.28. The molecule has 1 amide bonds. The van der Waals surface area contributed by atoms with Crippen molar-refractivity contribution in [3.8, 4) is 5.88 Å². The Morgan fingerprint density at radius 3 is 2.67 bits per heavy atom. The van der Waals surface area contributed by atoms with Crippen molar-refractivity contribution < 1.29 is 19.5 Å². The minimum Gasteiger partial charge on any atom is -0.493 e. The summed E-state index contributed by atoms with van der Waals surface area (Å²) in [7, 11) is 0. The Bertz CT molecular complexity index is 782. The van der Waals surface area contributed by atoms with Crippen LogP contribution in [0.1, 0.15) is 31.1 Å². The number of hydroxylamine groups is 1. The number of amides is 1. The first-order valence-corrected chi connectivity index (χ1v) is 7.56. The number of halogens is 1. The quantitative estimate of drug-likeness (QED) is 0.473. The van der Waals surface area contributed by atoms with Crippen LogP contribution in [0, 0.1) is 11.7 Å². The van der Waals surface area contributed by atoms with Gasteiger partial charge >= 0.3 is 5.69 Å². The minimum absolute atomic E-state index is 0.251. The van der Waals surface area contributed by atoms with E-state index in [0.29, 0.717) is 6.42 Å². The average molecular weight is 337 g/mol. The van der Waals surface area contributed by atoms with Crippen LogP contribution in [0.3, 0.4) is 0 Å². The van der Waals surface area contributed by atoms with Crippen LogP contribution in [-0.4, -0.2) is 25.8 Å². The zero-order valence-electron chi connectivity index (χ0n) is 13.4. The number of benzene rings is 1. The van der Waals surface area contributed by atoms with Gasteiger partial charge in [0.1, 0.15) is 11.9 Å². The summed E-state index contributed by atoms with van der Waals surface area (Å²) in [5, 5.41) is 19.1. The summed E-state index contributed by atoms with van der Waals surface area (Å²) in [4.78, 5) is 26.4. The largest absolute Gasteiger partial charge is 0.493 e. The fourth-order valence-electron chi connectivity index (χ4n) is 2.67. The summed E-state index contributed by atoms with van der Waals surface area (Å²) in [5.74, 6) is -1.85. The molecule has 0 saturated heterocycles. The Hall–Kier alpha value is -2.61. The second-order valence-electron chi connectivity index (χ2n) is 5.90. The van der Waals surface area contributed by atoms with Crippen molar-refractivity contribution in [3.63, 3.8) is 0 Å². The predicted octanol–water partition coefficient (Wildman–Crippen LogP) is 1.51. The van der Waals surface area contributed by atoms with Crippen molar-refractivity contribution in [2.45, 2.75) is 32.7 Å². The lowest BCUT2D eigenvalue weighted by molar-refractivity contribution is -0.134. The third-order valence-electron chi connectivity index (χ3n) is 3.82. The number of aryl methyl sites for hydroxylation is 2. The van der Waals surface area contributed by atoms with E-state index in [9.17, 15) is 19.1 Å². The molecule has 0 aliphatic rings. The highest BCUT2D eigenvalue weighted by molar-refractivity contribution is 5.79. The van der Waals surface area contributed by atoms with Crippen LogP contribution in [-0.2, 0) is 17.6 Å². The lowest BCUT2D eigenvalue weighted by Crippen LogP contribution is -2.37. The van der Waals surface area contributed by atoms with Crippen molar-refractivity contribution in [1.29, 1.82) is 0 Å². The number of hydrogen-bond acceptors (Lipinski definition) is 4. The summed E-state index contributed by atoms with van der Waals surface area (Å²) in [6.45, 7) is 3.37. The molecule has 1 heterocycles. The number of aromatic nitrogens is 2. The summed E-state index contributed by atoms with van der Waals surface area (Å²) < 4.78 is 14.1. The highest BCUT2D eigenvalue weighted by atomic mass is 19.1. The first-order valence-electron chi connectivity index (χ1n) is 7.56. The first-order chi connectivity index (χ1) is 11.3.